The van der Waals surface area contributed by atoms with E-state index in [1.165, 1.54) is 18.7 Å². The number of aliphatic hydroxyl groups is 1. The molecule has 184 valence electrons. The Morgan fingerprint density at radius 3 is 1.94 bits per heavy atom. The van der Waals surface area contributed by atoms with Crippen LogP contribution in [-0.4, -0.2) is 82.1 Å². The Labute approximate surface area is 191 Å². The maximum absolute atomic E-state index is 12.7. The first-order valence-corrected chi connectivity index (χ1v) is 11.5. The summed E-state index contributed by atoms with van der Waals surface area (Å²) in [5.74, 6) is -4.18. The smallest absolute Gasteiger partial charge is 0.326 e. The maximum atomic E-state index is 12.7. The number of carbonyl (C=O) groups is 5. The molecule has 0 bridgehead atoms. The Morgan fingerprint density at radius 2 is 1.50 bits per heavy atom. The number of nitrogens with one attached hydrogen (secondary N) is 3. The summed E-state index contributed by atoms with van der Waals surface area (Å²) in [5.41, 5.74) is 11.0. The van der Waals surface area contributed by atoms with E-state index in [0.29, 0.717) is 12.2 Å². The molecule has 0 fully saturated rings. The molecule has 0 saturated carbocycles. The van der Waals surface area contributed by atoms with Crippen LogP contribution in [0, 0.1) is 5.92 Å². The van der Waals surface area contributed by atoms with Crippen molar-refractivity contribution in [3.05, 3.63) is 0 Å². The van der Waals surface area contributed by atoms with Crippen LogP contribution in [0.5, 0.6) is 0 Å². The van der Waals surface area contributed by atoms with Crippen LogP contribution in [-0.2, 0) is 24.0 Å². The quantitative estimate of drug-likeness (QED) is 0.137. The van der Waals surface area contributed by atoms with Crippen LogP contribution in [0.4, 0.5) is 0 Å². The molecule has 0 aromatic heterocycles. The highest BCUT2D eigenvalue weighted by Gasteiger charge is 2.33. The lowest BCUT2D eigenvalue weighted by atomic mass is 10.0. The monoisotopic (exact) mass is 477 g/mol. The Balaban J connectivity index is 5.40. The molecule has 32 heavy (non-hydrogen) atoms. The number of carboxylic acid groups (broad SMARTS) is 1. The number of primary amides is 1. The lowest BCUT2D eigenvalue weighted by molar-refractivity contribution is -0.142. The van der Waals surface area contributed by atoms with Gasteiger partial charge in [0.1, 0.15) is 18.1 Å². The standard InChI is InChI=1S/C19H35N5O7S/c1-9(2)7-11(20)16(27)24-15(10(3)25)18(29)23-13(8-14(21)26)17(28)22-12(19(30)31)5-6-32-4/h9-13,15,25H,5-8,20H2,1-4H3,(H2,21,26)(H,22,28)(H,23,29)(H,24,27)(H,30,31). The molecule has 0 aliphatic rings. The van der Waals surface area contributed by atoms with Gasteiger partial charge >= 0.3 is 5.97 Å². The van der Waals surface area contributed by atoms with Crippen LogP contribution in [0.25, 0.3) is 0 Å². The van der Waals surface area contributed by atoms with Gasteiger partial charge in [0, 0.05) is 0 Å². The summed E-state index contributed by atoms with van der Waals surface area (Å²) in [6.07, 6.45) is 0.281. The Morgan fingerprint density at radius 1 is 0.938 bits per heavy atom. The fourth-order valence-corrected chi connectivity index (χ4v) is 3.19. The summed E-state index contributed by atoms with van der Waals surface area (Å²) < 4.78 is 0. The molecular formula is C19H35N5O7S. The Kier molecular flexibility index (Phi) is 13.5. The number of hydrogen-bond donors (Lipinski definition) is 7. The summed E-state index contributed by atoms with van der Waals surface area (Å²) in [5, 5.41) is 26.1. The van der Waals surface area contributed by atoms with Crippen LogP contribution in [0.15, 0.2) is 0 Å². The predicted molar refractivity (Wildman–Crippen MR) is 119 cm³/mol. The molecule has 13 heteroatoms. The van der Waals surface area contributed by atoms with Gasteiger partial charge in [-0.15, -0.1) is 0 Å². The van der Waals surface area contributed by atoms with E-state index in [2.05, 4.69) is 16.0 Å². The van der Waals surface area contributed by atoms with Gasteiger partial charge in [-0.2, -0.15) is 11.8 Å². The molecule has 9 N–H and O–H groups in total. The van der Waals surface area contributed by atoms with E-state index in [-0.39, 0.29) is 12.3 Å². The molecule has 0 saturated heterocycles. The second kappa shape index (κ2) is 14.6. The van der Waals surface area contributed by atoms with Crippen molar-refractivity contribution in [1.29, 1.82) is 0 Å². The second-order valence-electron chi connectivity index (χ2n) is 7.88. The van der Waals surface area contributed by atoms with Crippen molar-refractivity contribution < 1.29 is 34.2 Å². The number of carboxylic acids is 1. The number of aliphatic carboxylic acids is 1. The van der Waals surface area contributed by atoms with Gasteiger partial charge in [0.15, 0.2) is 0 Å². The zero-order valence-electron chi connectivity index (χ0n) is 18.8. The molecule has 0 aromatic carbocycles. The fourth-order valence-electron chi connectivity index (χ4n) is 2.72. The number of aliphatic hydroxyl groups excluding tert-OH is 1. The molecule has 12 nitrogen and oxygen atoms in total. The minimum atomic E-state index is -1.50. The van der Waals surface area contributed by atoms with Gasteiger partial charge in [0.05, 0.1) is 18.6 Å². The first-order valence-electron chi connectivity index (χ1n) is 10.1. The average Bonchev–Trinajstić information content (AvgIpc) is 2.66. The maximum Gasteiger partial charge on any atom is 0.326 e. The number of carbonyl (C=O) groups excluding carboxylic acids is 4. The number of amides is 4. The summed E-state index contributed by atoms with van der Waals surface area (Å²) in [7, 11) is 0. The van der Waals surface area contributed by atoms with E-state index >= 15 is 0 Å². The van der Waals surface area contributed by atoms with Crippen molar-refractivity contribution in [3.8, 4) is 0 Å². The van der Waals surface area contributed by atoms with Crippen LogP contribution >= 0.6 is 11.8 Å². The van der Waals surface area contributed by atoms with Gasteiger partial charge in [-0.05, 0) is 37.7 Å². The van der Waals surface area contributed by atoms with Gasteiger partial charge in [0.2, 0.25) is 23.6 Å². The van der Waals surface area contributed by atoms with Crippen molar-refractivity contribution in [2.45, 2.75) is 70.3 Å². The van der Waals surface area contributed by atoms with Crippen LogP contribution in [0.1, 0.15) is 40.0 Å². The molecule has 0 aliphatic carbocycles. The molecule has 4 amide bonds. The van der Waals surface area contributed by atoms with E-state index in [0.717, 1.165) is 0 Å². The van der Waals surface area contributed by atoms with Gasteiger partial charge < -0.3 is 37.6 Å². The van der Waals surface area contributed by atoms with Crippen LogP contribution < -0.4 is 27.4 Å². The van der Waals surface area contributed by atoms with E-state index in [4.69, 9.17) is 11.5 Å². The van der Waals surface area contributed by atoms with Crippen molar-refractivity contribution in [3.63, 3.8) is 0 Å². The molecule has 0 aromatic rings. The van der Waals surface area contributed by atoms with Gasteiger partial charge in [0.25, 0.3) is 0 Å². The van der Waals surface area contributed by atoms with Gasteiger partial charge in [-0.3, -0.25) is 19.2 Å². The lowest BCUT2D eigenvalue weighted by Crippen LogP contribution is -2.60. The summed E-state index contributed by atoms with van der Waals surface area (Å²) in [4.78, 5) is 60.3. The van der Waals surface area contributed by atoms with Crippen molar-refractivity contribution in [1.82, 2.24) is 16.0 Å². The van der Waals surface area contributed by atoms with E-state index in [1.54, 1.807) is 6.26 Å². The van der Waals surface area contributed by atoms with E-state index in [1.807, 2.05) is 13.8 Å². The summed E-state index contributed by atoms with van der Waals surface area (Å²) >= 11 is 1.39. The second-order valence-corrected chi connectivity index (χ2v) is 8.86. The highest BCUT2D eigenvalue weighted by atomic mass is 32.2. The molecular weight excluding hydrogens is 442 g/mol. The molecule has 0 heterocycles. The highest BCUT2D eigenvalue weighted by molar-refractivity contribution is 7.98. The molecule has 0 radical (unpaired) electrons. The first kappa shape index (κ1) is 29.6. The zero-order valence-corrected chi connectivity index (χ0v) is 19.6. The highest BCUT2D eigenvalue weighted by Crippen LogP contribution is 2.06. The molecule has 0 aliphatic heterocycles. The largest absolute Gasteiger partial charge is 0.480 e. The third-order valence-electron chi connectivity index (χ3n) is 4.39. The van der Waals surface area contributed by atoms with Gasteiger partial charge in [-0.25, -0.2) is 4.79 Å². The zero-order chi connectivity index (χ0) is 25.0. The fraction of sp³-hybridized carbons (Fsp3) is 0.737. The Hall–Kier alpha value is -2.38. The molecule has 0 spiro atoms. The van der Waals surface area contributed by atoms with Gasteiger partial charge in [-0.1, -0.05) is 13.8 Å². The first-order chi connectivity index (χ1) is 14.8. The molecule has 0 rings (SSSR count). The average molecular weight is 478 g/mol. The normalized spacial score (nSPS) is 15.7. The van der Waals surface area contributed by atoms with Crippen LogP contribution in [0.3, 0.4) is 0 Å². The van der Waals surface area contributed by atoms with Crippen molar-refractivity contribution >= 4 is 41.4 Å². The topological polar surface area (TPSA) is 214 Å². The lowest BCUT2D eigenvalue weighted by Gasteiger charge is -2.26. The minimum Gasteiger partial charge on any atom is -0.480 e. The SMILES string of the molecule is CSCCC(NC(=O)C(CC(N)=O)NC(=O)C(NC(=O)C(N)CC(C)C)C(C)O)C(=O)O. The third kappa shape index (κ3) is 11.3. The third-order valence-corrected chi connectivity index (χ3v) is 5.03. The van der Waals surface area contributed by atoms with E-state index < -0.39 is 66.3 Å². The summed E-state index contributed by atoms with van der Waals surface area (Å²) in [6, 6.07) is -5.11. The van der Waals surface area contributed by atoms with Crippen LogP contribution in [0.2, 0.25) is 0 Å². The number of nitrogens with two attached hydrogens (primary N) is 2. The number of hydrogen-bond acceptors (Lipinski definition) is 8. The number of rotatable bonds is 15. The molecule has 5 atom stereocenters. The Bertz CT molecular complexity index is 674. The minimum absolute atomic E-state index is 0.117. The molecule has 5 unspecified atom stereocenters. The van der Waals surface area contributed by atoms with Crippen molar-refractivity contribution in [2.24, 2.45) is 17.4 Å². The predicted octanol–water partition coefficient (Wildman–Crippen LogP) is -2.09. The summed E-state index contributed by atoms with van der Waals surface area (Å²) in [6.45, 7) is 4.98. The number of thioether (sulfide) groups is 1. The van der Waals surface area contributed by atoms with E-state index in [9.17, 15) is 34.2 Å². The van der Waals surface area contributed by atoms with Crippen molar-refractivity contribution in [2.75, 3.05) is 12.0 Å².